The molecule has 1 aromatic rings. The molecule has 0 amide bonds. The lowest BCUT2D eigenvalue weighted by Gasteiger charge is -2.10. The van der Waals surface area contributed by atoms with Gasteiger partial charge in [-0.25, -0.2) is 0 Å². The number of aliphatic hydroxyl groups is 1. The Morgan fingerprint density at radius 1 is 1.58 bits per heavy atom. The lowest BCUT2D eigenvalue weighted by molar-refractivity contribution is 0.268. The van der Waals surface area contributed by atoms with E-state index >= 15 is 0 Å². The highest BCUT2D eigenvalue weighted by atomic mass is 79.9. The second kappa shape index (κ2) is 4.23. The van der Waals surface area contributed by atoms with Gasteiger partial charge in [0.15, 0.2) is 0 Å². The lowest BCUT2D eigenvalue weighted by Crippen LogP contribution is -2.14. The van der Waals surface area contributed by atoms with Crippen LogP contribution in [0.5, 0.6) is 0 Å². The minimum absolute atomic E-state index is 0.101. The highest BCUT2D eigenvalue weighted by Crippen LogP contribution is 2.24. The van der Waals surface area contributed by atoms with Crippen molar-refractivity contribution in [3.63, 3.8) is 0 Å². The third kappa shape index (κ3) is 2.20. The number of hydrogen-bond acceptors (Lipinski definition) is 2. The molecule has 12 heavy (non-hydrogen) atoms. The topological polar surface area (TPSA) is 46.2 Å². The highest BCUT2D eigenvalue weighted by molar-refractivity contribution is 9.10. The third-order valence-electron chi connectivity index (χ3n) is 1.55. The van der Waals surface area contributed by atoms with Crippen molar-refractivity contribution in [3.8, 4) is 0 Å². The van der Waals surface area contributed by atoms with E-state index in [0.29, 0.717) is 5.02 Å². The molecule has 0 saturated carbocycles. The van der Waals surface area contributed by atoms with Crippen molar-refractivity contribution < 1.29 is 5.11 Å². The third-order valence-corrected chi connectivity index (χ3v) is 2.39. The summed E-state index contributed by atoms with van der Waals surface area (Å²) in [7, 11) is 0. The molecule has 2 nitrogen and oxygen atoms in total. The van der Waals surface area contributed by atoms with Crippen molar-refractivity contribution in [2.45, 2.75) is 6.04 Å². The summed E-state index contributed by atoms with van der Waals surface area (Å²) >= 11 is 9.16. The molecule has 1 aromatic carbocycles. The molecule has 0 spiro atoms. The first kappa shape index (κ1) is 9.99. The normalized spacial score (nSPS) is 13.0. The standard InChI is InChI=1S/C8H9BrClNO/c9-5-1-2-7(10)6(3-5)8(11)4-12/h1-3,8,12H,4,11H2/t8-/m1/s1. The Morgan fingerprint density at radius 3 is 2.83 bits per heavy atom. The maximum atomic E-state index is 8.80. The maximum absolute atomic E-state index is 8.80. The second-order valence-electron chi connectivity index (χ2n) is 2.45. The monoisotopic (exact) mass is 249 g/mol. The van der Waals surface area contributed by atoms with Crippen molar-refractivity contribution in [1.82, 2.24) is 0 Å². The summed E-state index contributed by atoms with van der Waals surface area (Å²) < 4.78 is 0.908. The number of benzene rings is 1. The predicted molar refractivity (Wildman–Crippen MR) is 53.2 cm³/mol. The Morgan fingerprint density at radius 2 is 2.25 bits per heavy atom. The average Bonchev–Trinajstić information content (AvgIpc) is 2.08. The van der Waals surface area contributed by atoms with Crippen LogP contribution in [0.15, 0.2) is 22.7 Å². The minimum atomic E-state index is -0.407. The van der Waals surface area contributed by atoms with E-state index in [4.69, 9.17) is 22.4 Å². The SMILES string of the molecule is N[C@H](CO)c1cc(Br)ccc1Cl. The van der Waals surface area contributed by atoms with Crippen LogP contribution >= 0.6 is 27.5 Å². The molecule has 66 valence electrons. The largest absolute Gasteiger partial charge is 0.394 e. The van der Waals surface area contributed by atoms with Gasteiger partial charge in [0.25, 0.3) is 0 Å². The lowest BCUT2D eigenvalue weighted by atomic mass is 10.1. The molecule has 4 heteroatoms. The molecule has 0 saturated heterocycles. The van der Waals surface area contributed by atoms with Crippen LogP contribution in [0.2, 0.25) is 5.02 Å². The number of hydrogen-bond donors (Lipinski definition) is 2. The van der Waals surface area contributed by atoms with Gasteiger partial charge in [-0.3, -0.25) is 0 Å². The van der Waals surface area contributed by atoms with Crippen LogP contribution in [-0.4, -0.2) is 11.7 Å². The summed E-state index contributed by atoms with van der Waals surface area (Å²) in [5.41, 5.74) is 6.37. The molecule has 1 rings (SSSR count). The van der Waals surface area contributed by atoms with Gasteiger partial charge in [0, 0.05) is 9.50 Å². The molecule has 0 aromatic heterocycles. The molecule has 0 radical (unpaired) electrons. The summed E-state index contributed by atoms with van der Waals surface area (Å²) in [4.78, 5) is 0. The number of halogens is 2. The van der Waals surface area contributed by atoms with E-state index in [2.05, 4.69) is 15.9 Å². The summed E-state index contributed by atoms with van der Waals surface area (Å²) in [6.45, 7) is -0.101. The predicted octanol–water partition coefficient (Wildman–Crippen LogP) is 2.09. The van der Waals surface area contributed by atoms with Gasteiger partial charge in [0.2, 0.25) is 0 Å². The minimum Gasteiger partial charge on any atom is -0.394 e. The van der Waals surface area contributed by atoms with Crippen LogP contribution in [0.1, 0.15) is 11.6 Å². The molecule has 3 N–H and O–H groups in total. The van der Waals surface area contributed by atoms with Gasteiger partial charge >= 0.3 is 0 Å². The zero-order valence-electron chi connectivity index (χ0n) is 6.30. The molecule has 0 heterocycles. The molecule has 0 unspecified atom stereocenters. The van der Waals surface area contributed by atoms with Crippen LogP contribution in [0.3, 0.4) is 0 Å². The van der Waals surface area contributed by atoms with Crippen molar-refractivity contribution in [2.75, 3.05) is 6.61 Å². The van der Waals surface area contributed by atoms with E-state index in [1.54, 1.807) is 6.07 Å². The number of aliphatic hydroxyl groups excluding tert-OH is 1. The van der Waals surface area contributed by atoms with Gasteiger partial charge in [-0.05, 0) is 23.8 Å². The van der Waals surface area contributed by atoms with Gasteiger partial charge in [0.1, 0.15) is 0 Å². The Hall–Kier alpha value is -0.0900. The van der Waals surface area contributed by atoms with Crippen molar-refractivity contribution in [1.29, 1.82) is 0 Å². The van der Waals surface area contributed by atoms with Crippen LogP contribution < -0.4 is 5.73 Å². The molecule has 0 aliphatic heterocycles. The Labute approximate surface area is 84.5 Å². The molecule has 0 aliphatic carbocycles. The molecular formula is C8H9BrClNO. The first-order valence-corrected chi connectivity index (χ1v) is 4.63. The van der Waals surface area contributed by atoms with E-state index in [0.717, 1.165) is 10.0 Å². The van der Waals surface area contributed by atoms with E-state index in [9.17, 15) is 0 Å². The van der Waals surface area contributed by atoms with Crippen LogP contribution in [0, 0.1) is 0 Å². The number of nitrogens with two attached hydrogens (primary N) is 1. The van der Waals surface area contributed by atoms with E-state index in [1.165, 1.54) is 0 Å². The zero-order valence-corrected chi connectivity index (χ0v) is 8.64. The Balaban J connectivity index is 3.04. The average molecular weight is 251 g/mol. The van der Waals surface area contributed by atoms with E-state index in [-0.39, 0.29) is 6.61 Å². The van der Waals surface area contributed by atoms with Crippen molar-refractivity contribution >= 4 is 27.5 Å². The maximum Gasteiger partial charge on any atom is 0.0624 e. The van der Waals surface area contributed by atoms with Crippen molar-refractivity contribution in [3.05, 3.63) is 33.3 Å². The quantitative estimate of drug-likeness (QED) is 0.844. The van der Waals surface area contributed by atoms with Gasteiger partial charge in [-0.15, -0.1) is 0 Å². The smallest absolute Gasteiger partial charge is 0.0624 e. The van der Waals surface area contributed by atoms with Crippen LogP contribution in [0.4, 0.5) is 0 Å². The summed E-state index contributed by atoms with van der Waals surface area (Å²) in [5.74, 6) is 0. The second-order valence-corrected chi connectivity index (χ2v) is 3.78. The fourth-order valence-corrected chi connectivity index (χ4v) is 1.53. The highest BCUT2D eigenvalue weighted by Gasteiger charge is 2.08. The summed E-state index contributed by atoms with van der Waals surface area (Å²) in [6.07, 6.45) is 0. The molecular weight excluding hydrogens is 241 g/mol. The van der Waals surface area contributed by atoms with Crippen molar-refractivity contribution in [2.24, 2.45) is 5.73 Å². The zero-order chi connectivity index (χ0) is 9.14. The first-order chi connectivity index (χ1) is 5.65. The van der Waals surface area contributed by atoms with E-state index < -0.39 is 6.04 Å². The van der Waals surface area contributed by atoms with E-state index in [1.807, 2.05) is 12.1 Å². The Kier molecular flexibility index (Phi) is 3.53. The fourth-order valence-electron chi connectivity index (χ4n) is 0.897. The summed E-state index contributed by atoms with van der Waals surface area (Å²) in [6, 6.07) is 4.98. The molecule has 0 bridgehead atoms. The van der Waals surface area contributed by atoms with Gasteiger partial charge < -0.3 is 10.8 Å². The van der Waals surface area contributed by atoms with Gasteiger partial charge in [-0.2, -0.15) is 0 Å². The molecule has 0 aliphatic rings. The Bertz CT molecular complexity index is 280. The van der Waals surface area contributed by atoms with Gasteiger partial charge in [-0.1, -0.05) is 27.5 Å². The first-order valence-electron chi connectivity index (χ1n) is 3.46. The summed E-state index contributed by atoms with van der Waals surface area (Å²) in [5, 5.41) is 9.39. The molecule has 0 fully saturated rings. The van der Waals surface area contributed by atoms with Gasteiger partial charge in [0.05, 0.1) is 12.6 Å². The van der Waals surface area contributed by atoms with Crippen LogP contribution in [0.25, 0.3) is 0 Å². The number of rotatable bonds is 2. The fraction of sp³-hybridized carbons (Fsp3) is 0.250. The molecule has 1 atom stereocenters. The van der Waals surface area contributed by atoms with Crippen LogP contribution in [-0.2, 0) is 0 Å².